The van der Waals surface area contributed by atoms with Gasteiger partial charge in [-0.3, -0.25) is 4.79 Å². The van der Waals surface area contributed by atoms with Crippen LogP contribution in [-0.4, -0.2) is 12.5 Å². The Morgan fingerprint density at radius 1 is 1.20 bits per heavy atom. The molecule has 0 aliphatic rings. The van der Waals surface area contributed by atoms with Gasteiger partial charge < -0.3 is 11.1 Å². The minimum Gasteiger partial charge on any atom is -0.350 e. The standard InChI is InChI=1S/C15H14BrFN2O/c16-11-7-4-8-12(17)14(11)15(20)19-9-13(18)10-5-2-1-3-6-10/h1-8,13H,9,18H2,(H,19,20). The number of carbonyl (C=O) groups excluding carboxylic acids is 1. The molecule has 1 unspecified atom stereocenters. The van der Waals surface area contributed by atoms with Crippen molar-refractivity contribution in [3.05, 3.63) is 69.9 Å². The highest BCUT2D eigenvalue weighted by molar-refractivity contribution is 9.10. The Morgan fingerprint density at radius 2 is 1.90 bits per heavy atom. The van der Waals surface area contributed by atoms with E-state index in [1.165, 1.54) is 12.1 Å². The molecule has 0 fully saturated rings. The molecule has 3 N–H and O–H groups in total. The highest BCUT2D eigenvalue weighted by Gasteiger charge is 2.16. The molecule has 5 heteroatoms. The van der Waals surface area contributed by atoms with Gasteiger partial charge in [0.15, 0.2) is 0 Å². The van der Waals surface area contributed by atoms with Crippen LogP contribution in [0, 0.1) is 5.82 Å². The van der Waals surface area contributed by atoms with Crippen molar-refractivity contribution in [1.82, 2.24) is 5.32 Å². The first-order valence-corrected chi connectivity index (χ1v) is 6.91. The van der Waals surface area contributed by atoms with Crippen LogP contribution in [-0.2, 0) is 0 Å². The van der Waals surface area contributed by atoms with Gasteiger partial charge in [0.05, 0.1) is 5.56 Å². The Hall–Kier alpha value is -1.72. The maximum atomic E-state index is 13.6. The van der Waals surface area contributed by atoms with E-state index < -0.39 is 11.7 Å². The van der Waals surface area contributed by atoms with Crippen molar-refractivity contribution in [2.75, 3.05) is 6.54 Å². The third kappa shape index (κ3) is 3.43. The number of nitrogens with two attached hydrogens (primary N) is 1. The van der Waals surface area contributed by atoms with Crippen LogP contribution in [0.2, 0.25) is 0 Å². The topological polar surface area (TPSA) is 55.1 Å². The van der Waals surface area contributed by atoms with E-state index >= 15 is 0 Å². The molecule has 0 saturated heterocycles. The maximum Gasteiger partial charge on any atom is 0.255 e. The van der Waals surface area contributed by atoms with Crippen LogP contribution in [0.5, 0.6) is 0 Å². The number of benzene rings is 2. The van der Waals surface area contributed by atoms with Gasteiger partial charge >= 0.3 is 0 Å². The molecular formula is C15H14BrFN2O. The smallest absolute Gasteiger partial charge is 0.255 e. The number of rotatable bonds is 4. The summed E-state index contributed by atoms with van der Waals surface area (Å²) in [5, 5.41) is 2.64. The molecule has 0 radical (unpaired) electrons. The van der Waals surface area contributed by atoms with Gasteiger partial charge in [0.25, 0.3) is 5.91 Å². The summed E-state index contributed by atoms with van der Waals surface area (Å²) in [4.78, 5) is 12.0. The summed E-state index contributed by atoms with van der Waals surface area (Å²) in [6.07, 6.45) is 0. The van der Waals surface area contributed by atoms with E-state index in [1.54, 1.807) is 6.07 Å². The van der Waals surface area contributed by atoms with Crippen molar-refractivity contribution in [3.8, 4) is 0 Å². The van der Waals surface area contributed by atoms with E-state index in [1.807, 2.05) is 30.3 Å². The quantitative estimate of drug-likeness (QED) is 0.901. The largest absolute Gasteiger partial charge is 0.350 e. The second-order valence-electron chi connectivity index (χ2n) is 4.32. The first-order chi connectivity index (χ1) is 9.59. The van der Waals surface area contributed by atoms with Crippen LogP contribution in [0.1, 0.15) is 22.0 Å². The van der Waals surface area contributed by atoms with Crippen molar-refractivity contribution in [3.63, 3.8) is 0 Å². The van der Waals surface area contributed by atoms with E-state index in [2.05, 4.69) is 21.2 Å². The van der Waals surface area contributed by atoms with E-state index in [4.69, 9.17) is 5.73 Å². The van der Waals surface area contributed by atoms with Crippen molar-refractivity contribution >= 4 is 21.8 Å². The average Bonchev–Trinajstić information content (AvgIpc) is 2.45. The van der Waals surface area contributed by atoms with E-state index in [0.29, 0.717) is 4.47 Å². The lowest BCUT2D eigenvalue weighted by Gasteiger charge is -2.14. The molecule has 104 valence electrons. The first-order valence-electron chi connectivity index (χ1n) is 6.12. The predicted octanol–water partition coefficient (Wildman–Crippen LogP) is 3.02. The summed E-state index contributed by atoms with van der Waals surface area (Å²) in [5.41, 5.74) is 6.89. The molecule has 0 heterocycles. The molecule has 3 nitrogen and oxygen atoms in total. The SMILES string of the molecule is NC(CNC(=O)c1c(F)cccc1Br)c1ccccc1. The van der Waals surface area contributed by atoms with E-state index in [-0.39, 0.29) is 18.2 Å². The van der Waals surface area contributed by atoms with Crippen LogP contribution >= 0.6 is 15.9 Å². The van der Waals surface area contributed by atoms with Crippen LogP contribution < -0.4 is 11.1 Å². The molecule has 0 bridgehead atoms. The normalized spacial score (nSPS) is 11.9. The summed E-state index contributed by atoms with van der Waals surface area (Å²) in [5.74, 6) is -1.05. The lowest BCUT2D eigenvalue weighted by Crippen LogP contribution is -2.32. The zero-order chi connectivity index (χ0) is 14.5. The molecule has 0 aromatic heterocycles. The van der Waals surface area contributed by atoms with Crippen molar-refractivity contribution in [2.24, 2.45) is 5.73 Å². The molecule has 0 saturated carbocycles. The fraction of sp³-hybridized carbons (Fsp3) is 0.133. The first kappa shape index (κ1) is 14.7. The molecule has 2 rings (SSSR count). The summed E-state index contributed by atoms with van der Waals surface area (Å²) < 4.78 is 14.0. The molecule has 1 amide bonds. The predicted molar refractivity (Wildman–Crippen MR) is 79.8 cm³/mol. The highest BCUT2D eigenvalue weighted by atomic mass is 79.9. The Bertz CT molecular complexity index is 584. The molecule has 0 aliphatic carbocycles. The van der Waals surface area contributed by atoms with Crippen LogP contribution in [0.25, 0.3) is 0 Å². The molecule has 0 aliphatic heterocycles. The highest BCUT2D eigenvalue weighted by Crippen LogP contribution is 2.19. The fourth-order valence-electron chi connectivity index (χ4n) is 1.82. The average molecular weight is 337 g/mol. The summed E-state index contributed by atoms with van der Waals surface area (Å²) >= 11 is 3.17. The second kappa shape index (κ2) is 6.63. The van der Waals surface area contributed by atoms with Gasteiger partial charge in [0.2, 0.25) is 0 Å². The molecule has 2 aromatic rings. The molecule has 2 aromatic carbocycles. The number of amides is 1. The number of halogens is 2. The van der Waals surface area contributed by atoms with E-state index in [0.717, 1.165) is 5.56 Å². The molecule has 0 spiro atoms. The number of carbonyl (C=O) groups is 1. The third-order valence-corrected chi connectivity index (χ3v) is 3.56. The van der Waals surface area contributed by atoms with Gasteiger partial charge in [-0.15, -0.1) is 0 Å². The second-order valence-corrected chi connectivity index (χ2v) is 5.18. The summed E-state index contributed by atoms with van der Waals surface area (Å²) in [7, 11) is 0. The van der Waals surface area contributed by atoms with Gasteiger partial charge in [-0.1, -0.05) is 36.4 Å². The molecule has 1 atom stereocenters. The zero-order valence-corrected chi connectivity index (χ0v) is 12.2. The molecular weight excluding hydrogens is 323 g/mol. The van der Waals surface area contributed by atoms with Crippen LogP contribution in [0.4, 0.5) is 4.39 Å². The van der Waals surface area contributed by atoms with Crippen molar-refractivity contribution in [2.45, 2.75) is 6.04 Å². The molecule has 20 heavy (non-hydrogen) atoms. The number of hydrogen-bond acceptors (Lipinski definition) is 2. The number of hydrogen-bond donors (Lipinski definition) is 2. The Labute approximate surface area is 125 Å². The Kier molecular flexibility index (Phi) is 4.87. The maximum absolute atomic E-state index is 13.6. The van der Waals surface area contributed by atoms with Crippen molar-refractivity contribution in [1.29, 1.82) is 0 Å². The minimum atomic E-state index is -0.565. The lowest BCUT2D eigenvalue weighted by molar-refractivity contribution is 0.0946. The minimum absolute atomic E-state index is 0.00670. The van der Waals surface area contributed by atoms with Crippen molar-refractivity contribution < 1.29 is 9.18 Å². The van der Waals surface area contributed by atoms with Gasteiger partial charge in [-0.05, 0) is 33.6 Å². The van der Waals surface area contributed by atoms with Crippen LogP contribution in [0.15, 0.2) is 53.0 Å². The van der Waals surface area contributed by atoms with Gasteiger partial charge in [-0.2, -0.15) is 0 Å². The summed E-state index contributed by atoms with van der Waals surface area (Å²) in [6.45, 7) is 0.240. The third-order valence-electron chi connectivity index (χ3n) is 2.90. The van der Waals surface area contributed by atoms with Gasteiger partial charge in [-0.25, -0.2) is 4.39 Å². The summed E-state index contributed by atoms with van der Waals surface area (Å²) in [6, 6.07) is 13.5. The zero-order valence-electron chi connectivity index (χ0n) is 10.6. The fourth-order valence-corrected chi connectivity index (χ4v) is 2.35. The van der Waals surface area contributed by atoms with Gasteiger partial charge in [0, 0.05) is 17.1 Å². The monoisotopic (exact) mass is 336 g/mol. The number of nitrogens with one attached hydrogen (secondary N) is 1. The lowest BCUT2D eigenvalue weighted by atomic mass is 10.1. The Morgan fingerprint density at radius 3 is 2.55 bits per heavy atom. The Balaban J connectivity index is 2.03. The van der Waals surface area contributed by atoms with Crippen LogP contribution in [0.3, 0.4) is 0 Å². The van der Waals surface area contributed by atoms with E-state index in [9.17, 15) is 9.18 Å². The van der Waals surface area contributed by atoms with Gasteiger partial charge in [0.1, 0.15) is 5.82 Å².